The zero-order valence-corrected chi connectivity index (χ0v) is 18.7. The minimum absolute atomic E-state index is 0.0610. The molecule has 0 unspecified atom stereocenters. The van der Waals surface area contributed by atoms with Crippen molar-refractivity contribution in [3.63, 3.8) is 0 Å². The number of aliphatic hydroxyl groups excluding tert-OH is 3. The fraction of sp³-hybridized carbons (Fsp3) is 0.560. The van der Waals surface area contributed by atoms with Gasteiger partial charge in [-0.1, -0.05) is 75.1 Å². The normalized spacial score (nSPS) is 17.5. The number of allylic oxidation sites excluding steroid dienone is 8. The Bertz CT molecular complexity index is 576. The predicted molar refractivity (Wildman–Crippen MR) is 123 cm³/mol. The van der Waals surface area contributed by atoms with Gasteiger partial charge in [0.05, 0.1) is 12.2 Å². The third-order valence-corrected chi connectivity index (χ3v) is 4.97. The molecule has 0 aromatic heterocycles. The third kappa shape index (κ3) is 14.1. The van der Waals surface area contributed by atoms with Crippen LogP contribution < -0.4 is 0 Å². The summed E-state index contributed by atoms with van der Waals surface area (Å²) < 4.78 is 5.45. The molecule has 0 radical (unpaired) electrons. The van der Waals surface area contributed by atoms with Crippen LogP contribution >= 0.6 is 0 Å². The molecule has 0 aliphatic rings. The maximum Gasteiger partial charge on any atom is 0.306 e. The maximum atomic E-state index is 12.0. The number of carbonyl (C=O) groups is 1. The summed E-state index contributed by atoms with van der Waals surface area (Å²) in [6, 6.07) is 0. The van der Waals surface area contributed by atoms with Crippen molar-refractivity contribution >= 4 is 5.97 Å². The van der Waals surface area contributed by atoms with E-state index in [0.29, 0.717) is 25.7 Å². The Morgan fingerprint density at radius 2 is 1.50 bits per heavy atom. The number of ether oxygens (including phenoxy) is 1. The van der Waals surface area contributed by atoms with E-state index in [1.807, 2.05) is 62.5 Å². The summed E-state index contributed by atoms with van der Waals surface area (Å²) in [7, 11) is 0. The highest BCUT2D eigenvalue weighted by atomic mass is 16.5. The minimum atomic E-state index is -0.635. The molecule has 170 valence electrons. The zero-order chi connectivity index (χ0) is 22.8. The average molecular weight is 421 g/mol. The van der Waals surface area contributed by atoms with Crippen molar-refractivity contribution in [1.29, 1.82) is 0 Å². The van der Waals surface area contributed by atoms with Crippen molar-refractivity contribution in [2.24, 2.45) is 11.8 Å². The largest absolute Gasteiger partial charge is 0.462 e. The first-order chi connectivity index (χ1) is 14.3. The number of aliphatic hydroxyl groups is 3. The number of hydrogen-bond acceptors (Lipinski definition) is 5. The Labute approximate surface area is 182 Å². The monoisotopic (exact) mass is 420 g/mol. The van der Waals surface area contributed by atoms with Gasteiger partial charge in [-0.25, -0.2) is 0 Å². The zero-order valence-electron chi connectivity index (χ0n) is 18.7. The van der Waals surface area contributed by atoms with E-state index >= 15 is 0 Å². The van der Waals surface area contributed by atoms with Crippen molar-refractivity contribution in [1.82, 2.24) is 0 Å². The van der Waals surface area contributed by atoms with E-state index in [0.717, 1.165) is 0 Å². The van der Waals surface area contributed by atoms with Gasteiger partial charge in [0.1, 0.15) is 6.10 Å². The molecule has 0 heterocycles. The number of carbonyl (C=O) groups excluding carboxylic acids is 1. The van der Waals surface area contributed by atoms with Crippen molar-refractivity contribution in [3.05, 3.63) is 61.3 Å². The Balaban J connectivity index is 4.31. The van der Waals surface area contributed by atoms with Gasteiger partial charge in [0, 0.05) is 24.9 Å². The van der Waals surface area contributed by atoms with Crippen molar-refractivity contribution in [2.45, 2.75) is 71.2 Å². The van der Waals surface area contributed by atoms with Gasteiger partial charge in [-0.2, -0.15) is 0 Å². The summed E-state index contributed by atoms with van der Waals surface area (Å²) in [5, 5.41) is 29.0. The molecule has 0 spiro atoms. The van der Waals surface area contributed by atoms with Gasteiger partial charge in [0.15, 0.2) is 0 Å². The van der Waals surface area contributed by atoms with Gasteiger partial charge in [0.2, 0.25) is 0 Å². The van der Waals surface area contributed by atoms with Crippen LogP contribution in [0.25, 0.3) is 0 Å². The molecule has 5 heteroatoms. The van der Waals surface area contributed by atoms with Crippen LogP contribution in [0.15, 0.2) is 61.3 Å². The standard InChI is InChI=1S/C25H40O5/c1-5-6-7-8-9-10-11-12-15-20(2)25(29)21(3)22(4)30-24(28)18-13-16-23(27)17-14-19-26/h5-12,15,20-23,25-27,29H,1,13-14,16-19H2,2-4H3/b7-6+,9-8+,11-10+,15-12+/t20-,21-,22-,23-,25+/m0/s1. The second kappa shape index (κ2) is 17.9. The lowest BCUT2D eigenvalue weighted by Gasteiger charge is -2.28. The fourth-order valence-corrected chi connectivity index (χ4v) is 2.84. The van der Waals surface area contributed by atoms with Gasteiger partial charge in [-0.05, 0) is 32.6 Å². The molecule has 0 aliphatic heterocycles. The van der Waals surface area contributed by atoms with Gasteiger partial charge in [0.25, 0.3) is 0 Å². The molecule has 0 saturated heterocycles. The number of esters is 1. The smallest absolute Gasteiger partial charge is 0.306 e. The van der Waals surface area contributed by atoms with Gasteiger partial charge < -0.3 is 20.1 Å². The molecule has 0 aromatic rings. The van der Waals surface area contributed by atoms with Crippen LogP contribution in [0.3, 0.4) is 0 Å². The lowest BCUT2D eigenvalue weighted by molar-refractivity contribution is -0.153. The van der Waals surface area contributed by atoms with Crippen molar-refractivity contribution in [2.75, 3.05) is 6.61 Å². The van der Waals surface area contributed by atoms with Crippen LogP contribution in [0.4, 0.5) is 0 Å². The van der Waals surface area contributed by atoms with Gasteiger partial charge >= 0.3 is 5.97 Å². The first-order valence-electron chi connectivity index (χ1n) is 10.8. The molecule has 0 amide bonds. The molecular formula is C25H40O5. The van der Waals surface area contributed by atoms with Crippen molar-refractivity contribution < 1.29 is 24.9 Å². The summed E-state index contributed by atoms with van der Waals surface area (Å²) in [5.74, 6) is -0.617. The Hall–Kier alpha value is -1.95. The molecule has 0 fully saturated rings. The van der Waals surface area contributed by atoms with E-state index in [-0.39, 0.29) is 30.8 Å². The van der Waals surface area contributed by atoms with E-state index in [1.165, 1.54) is 0 Å². The second-order valence-corrected chi connectivity index (χ2v) is 7.59. The first kappa shape index (κ1) is 28.1. The summed E-state index contributed by atoms with van der Waals surface area (Å²) in [6.07, 6.45) is 17.7. The molecule has 30 heavy (non-hydrogen) atoms. The molecule has 0 aliphatic carbocycles. The molecule has 0 rings (SSSR count). The SMILES string of the molecule is C=C/C=C/C=C/C=C/C=C/[C@H](C)[C@@H](O)[C@@H](C)[C@H](C)OC(=O)CCC[C@H](O)CCCO. The number of rotatable bonds is 16. The molecule has 0 bridgehead atoms. The molecule has 5 nitrogen and oxygen atoms in total. The fourth-order valence-electron chi connectivity index (χ4n) is 2.84. The summed E-state index contributed by atoms with van der Waals surface area (Å²) in [6.45, 7) is 9.25. The lowest BCUT2D eigenvalue weighted by atomic mass is 9.89. The minimum Gasteiger partial charge on any atom is -0.462 e. The Kier molecular flexibility index (Phi) is 16.7. The highest BCUT2D eigenvalue weighted by Gasteiger charge is 2.26. The van der Waals surface area contributed by atoms with E-state index < -0.39 is 18.3 Å². The van der Waals surface area contributed by atoms with Crippen LogP contribution in [-0.2, 0) is 9.53 Å². The maximum absolute atomic E-state index is 12.0. The lowest BCUT2D eigenvalue weighted by Crippen LogP contribution is -2.34. The first-order valence-corrected chi connectivity index (χ1v) is 10.8. The van der Waals surface area contributed by atoms with E-state index in [9.17, 15) is 15.0 Å². The highest BCUT2D eigenvalue weighted by molar-refractivity contribution is 5.69. The Morgan fingerprint density at radius 3 is 2.10 bits per heavy atom. The van der Waals surface area contributed by atoms with Gasteiger partial charge in [-0.15, -0.1) is 0 Å². The summed E-state index contributed by atoms with van der Waals surface area (Å²) in [4.78, 5) is 12.0. The second-order valence-electron chi connectivity index (χ2n) is 7.59. The number of hydrogen-bond donors (Lipinski definition) is 3. The molecule has 5 atom stereocenters. The van der Waals surface area contributed by atoms with Crippen LogP contribution in [0.5, 0.6) is 0 Å². The van der Waals surface area contributed by atoms with Crippen LogP contribution in [0.2, 0.25) is 0 Å². The summed E-state index contributed by atoms with van der Waals surface area (Å²) >= 11 is 0. The van der Waals surface area contributed by atoms with Gasteiger partial charge in [-0.3, -0.25) is 4.79 Å². The predicted octanol–water partition coefficient (Wildman–Crippen LogP) is 4.27. The summed E-state index contributed by atoms with van der Waals surface area (Å²) in [5.41, 5.74) is 0. The van der Waals surface area contributed by atoms with Crippen molar-refractivity contribution in [3.8, 4) is 0 Å². The van der Waals surface area contributed by atoms with Crippen LogP contribution in [0, 0.1) is 11.8 Å². The Morgan fingerprint density at radius 1 is 0.933 bits per heavy atom. The average Bonchev–Trinajstić information content (AvgIpc) is 2.72. The molecular weight excluding hydrogens is 380 g/mol. The molecule has 3 N–H and O–H groups in total. The quantitative estimate of drug-likeness (QED) is 0.256. The highest BCUT2D eigenvalue weighted by Crippen LogP contribution is 2.20. The van der Waals surface area contributed by atoms with Crippen LogP contribution in [0.1, 0.15) is 52.9 Å². The van der Waals surface area contributed by atoms with E-state index in [1.54, 1.807) is 13.0 Å². The molecule has 0 aromatic carbocycles. The molecule has 0 saturated carbocycles. The van der Waals surface area contributed by atoms with E-state index in [4.69, 9.17) is 9.84 Å². The topological polar surface area (TPSA) is 87.0 Å². The van der Waals surface area contributed by atoms with Crippen LogP contribution in [-0.4, -0.2) is 46.2 Å². The third-order valence-electron chi connectivity index (χ3n) is 4.97. The van der Waals surface area contributed by atoms with E-state index in [2.05, 4.69) is 6.58 Å².